The summed E-state index contributed by atoms with van der Waals surface area (Å²) in [4.78, 5) is 30.1. The van der Waals surface area contributed by atoms with Crippen LogP contribution in [0.25, 0.3) is 5.13 Å². The minimum atomic E-state index is -1.09. The van der Waals surface area contributed by atoms with Gasteiger partial charge in [-0.1, -0.05) is 37.3 Å². The van der Waals surface area contributed by atoms with Crippen molar-refractivity contribution in [3.8, 4) is 5.13 Å². The Hall–Kier alpha value is -3.26. The number of nitrogens with one attached hydrogen (secondary N) is 1. The van der Waals surface area contributed by atoms with Gasteiger partial charge in [-0.05, 0) is 31.9 Å². The van der Waals surface area contributed by atoms with Crippen molar-refractivity contribution in [2.24, 2.45) is 5.10 Å². The van der Waals surface area contributed by atoms with Crippen LogP contribution >= 0.6 is 11.3 Å². The molecule has 8 heteroatoms. The topological polar surface area (TPSA) is 79.6 Å². The molecule has 1 saturated heterocycles. The van der Waals surface area contributed by atoms with Gasteiger partial charge in [0.2, 0.25) is 0 Å². The Bertz CT molecular complexity index is 1090. The fraction of sp³-hybridized carbons (Fsp3) is 0.238. The molecule has 7 nitrogen and oxygen atoms in total. The Morgan fingerprint density at radius 1 is 1.24 bits per heavy atom. The van der Waals surface area contributed by atoms with Gasteiger partial charge in [0, 0.05) is 28.5 Å². The van der Waals surface area contributed by atoms with Crippen LogP contribution in [0.1, 0.15) is 35.9 Å². The Labute approximate surface area is 172 Å². The third-order valence-electron chi connectivity index (χ3n) is 5.26. The van der Waals surface area contributed by atoms with Crippen LogP contribution in [0.3, 0.4) is 0 Å². The Morgan fingerprint density at radius 3 is 2.66 bits per heavy atom. The molecule has 1 atom stereocenters. The predicted octanol–water partition coefficient (Wildman–Crippen LogP) is 3.74. The van der Waals surface area contributed by atoms with Crippen molar-refractivity contribution in [1.29, 1.82) is 0 Å². The number of nitrogens with zero attached hydrogens (tertiary/aromatic N) is 4. The van der Waals surface area contributed by atoms with Gasteiger partial charge in [-0.2, -0.15) is 5.10 Å². The molecule has 29 heavy (non-hydrogen) atoms. The van der Waals surface area contributed by atoms with E-state index in [0.717, 1.165) is 32.7 Å². The highest BCUT2D eigenvalue weighted by Gasteiger charge is 2.51. The normalized spacial score (nSPS) is 19.3. The van der Waals surface area contributed by atoms with Crippen LogP contribution in [0.15, 0.2) is 53.1 Å². The van der Waals surface area contributed by atoms with Gasteiger partial charge in [0.15, 0.2) is 5.13 Å². The average molecular weight is 407 g/mol. The largest absolute Gasteiger partial charge is 0.346 e. The molecule has 1 aliphatic heterocycles. The van der Waals surface area contributed by atoms with Gasteiger partial charge in [-0.3, -0.25) is 9.36 Å². The Morgan fingerprint density at radius 2 is 2.00 bits per heavy atom. The number of rotatable bonds is 5. The quantitative estimate of drug-likeness (QED) is 0.517. The molecule has 2 aromatic heterocycles. The Balaban J connectivity index is 1.65. The minimum absolute atomic E-state index is 0.374. The molecule has 1 aromatic carbocycles. The summed E-state index contributed by atoms with van der Waals surface area (Å²) in [6.45, 7) is 5.82. The van der Waals surface area contributed by atoms with Gasteiger partial charge in [0.1, 0.15) is 5.54 Å². The van der Waals surface area contributed by atoms with E-state index in [9.17, 15) is 9.59 Å². The second-order valence-electron chi connectivity index (χ2n) is 6.89. The summed E-state index contributed by atoms with van der Waals surface area (Å²) in [6.07, 6.45) is 3.75. The first kappa shape index (κ1) is 19.1. The number of urea groups is 1. The summed E-state index contributed by atoms with van der Waals surface area (Å²) in [7, 11) is 0. The first-order chi connectivity index (χ1) is 14.0. The molecule has 0 unspecified atom stereocenters. The van der Waals surface area contributed by atoms with Crippen molar-refractivity contribution in [2.45, 2.75) is 32.7 Å². The van der Waals surface area contributed by atoms with Gasteiger partial charge in [-0.25, -0.2) is 9.78 Å². The number of thiazole rings is 1. The maximum Gasteiger partial charge on any atom is 0.346 e. The zero-order chi connectivity index (χ0) is 20.6. The van der Waals surface area contributed by atoms with Gasteiger partial charge < -0.3 is 5.32 Å². The molecule has 0 saturated carbocycles. The van der Waals surface area contributed by atoms with Gasteiger partial charge >= 0.3 is 6.03 Å². The Kier molecular flexibility index (Phi) is 4.79. The van der Waals surface area contributed by atoms with Gasteiger partial charge in [0.25, 0.3) is 5.91 Å². The number of carbonyl (C=O) groups excluding carboxylic acids is 2. The standard InChI is InChI=1S/C21H21N5O2S/c1-4-21(17-8-6-5-7-9-17)18(27)26(19(28)24-21)23-13-16-12-14(2)25(15(16)3)20-22-10-11-29-20/h5-13H,4H2,1-3H3,(H,24,28)/b23-13-/t21-/m0/s1. The van der Waals surface area contributed by atoms with Crippen molar-refractivity contribution in [3.05, 3.63) is 70.5 Å². The lowest BCUT2D eigenvalue weighted by Crippen LogP contribution is -2.43. The summed E-state index contributed by atoms with van der Waals surface area (Å²) in [6, 6.07) is 10.7. The maximum atomic E-state index is 13.1. The molecule has 0 radical (unpaired) electrons. The molecule has 1 fully saturated rings. The fourth-order valence-corrected chi connectivity index (χ4v) is 4.44. The fourth-order valence-electron chi connectivity index (χ4n) is 3.69. The van der Waals surface area contributed by atoms with E-state index < -0.39 is 11.6 Å². The minimum Gasteiger partial charge on any atom is -0.318 e. The van der Waals surface area contributed by atoms with E-state index >= 15 is 0 Å². The average Bonchev–Trinajstić information content (AvgIpc) is 3.40. The lowest BCUT2D eigenvalue weighted by atomic mass is 9.87. The van der Waals surface area contributed by atoms with Crippen LogP contribution in [0.4, 0.5) is 4.79 Å². The summed E-state index contributed by atoms with van der Waals surface area (Å²) < 4.78 is 2.03. The molecule has 1 aliphatic rings. The second kappa shape index (κ2) is 7.29. The zero-order valence-corrected chi connectivity index (χ0v) is 17.2. The SMILES string of the molecule is CC[C@@]1(c2ccccc2)NC(=O)N(/N=C\c2cc(C)n(-c3nccs3)c2C)C1=O. The summed E-state index contributed by atoms with van der Waals surface area (Å²) >= 11 is 1.54. The van der Waals surface area contributed by atoms with Crippen LogP contribution in [0, 0.1) is 13.8 Å². The summed E-state index contributed by atoms with van der Waals surface area (Å²) in [5, 5.41) is 10.8. The third kappa shape index (κ3) is 3.05. The number of hydrogen-bond acceptors (Lipinski definition) is 5. The van der Waals surface area contributed by atoms with Crippen LogP contribution in [-0.4, -0.2) is 32.7 Å². The zero-order valence-electron chi connectivity index (χ0n) is 16.4. The van der Waals surface area contributed by atoms with Crippen LogP contribution in [-0.2, 0) is 10.3 Å². The lowest BCUT2D eigenvalue weighted by Gasteiger charge is -2.24. The molecule has 4 rings (SSSR count). The number of benzene rings is 1. The molecule has 148 valence electrons. The molecular formula is C21H21N5O2S. The van der Waals surface area contributed by atoms with Gasteiger partial charge in [-0.15, -0.1) is 16.3 Å². The summed E-state index contributed by atoms with van der Waals surface area (Å²) in [5.41, 5.74) is 2.43. The first-order valence-corrected chi connectivity index (χ1v) is 10.2. The third-order valence-corrected chi connectivity index (χ3v) is 6.02. The van der Waals surface area contributed by atoms with E-state index in [2.05, 4.69) is 15.4 Å². The molecule has 3 amide bonds. The highest BCUT2D eigenvalue weighted by molar-refractivity contribution is 7.12. The van der Waals surface area contributed by atoms with Crippen molar-refractivity contribution in [2.75, 3.05) is 0 Å². The highest BCUT2D eigenvalue weighted by atomic mass is 32.1. The number of aryl methyl sites for hydroxylation is 1. The highest BCUT2D eigenvalue weighted by Crippen LogP contribution is 2.32. The van der Waals surface area contributed by atoms with Crippen molar-refractivity contribution in [1.82, 2.24) is 19.9 Å². The molecule has 0 bridgehead atoms. The predicted molar refractivity (Wildman–Crippen MR) is 112 cm³/mol. The van der Waals surface area contributed by atoms with Crippen LogP contribution in [0.5, 0.6) is 0 Å². The van der Waals surface area contributed by atoms with Crippen LogP contribution in [0.2, 0.25) is 0 Å². The molecule has 1 N–H and O–H groups in total. The monoisotopic (exact) mass is 407 g/mol. The van der Waals surface area contributed by atoms with Crippen molar-refractivity contribution < 1.29 is 9.59 Å². The number of hydrazone groups is 1. The molecule has 0 spiro atoms. The number of imide groups is 1. The van der Waals surface area contributed by atoms with E-state index in [1.54, 1.807) is 23.7 Å². The number of hydrogen-bond donors (Lipinski definition) is 1. The van der Waals surface area contributed by atoms with E-state index in [-0.39, 0.29) is 5.91 Å². The van der Waals surface area contributed by atoms with E-state index in [0.29, 0.717) is 6.42 Å². The second-order valence-corrected chi connectivity index (χ2v) is 7.77. The molecule has 3 heterocycles. The number of carbonyl (C=O) groups is 2. The molecule has 3 aromatic rings. The van der Waals surface area contributed by atoms with E-state index in [1.807, 2.05) is 67.1 Å². The lowest BCUT2D eigenvalue weighted by molar-refractivity contribution is -0.131. The smallest absolute Gasteiger partial charge is 0.318 e. The summed E-state index contributed by atoms with van der Waals surface area (Å²) in [5.74, 6) is -0.374. The first-order valence-electron chi connectivity index (χ1n) is 9.33. The van der Waals surface area contributed by atoms with E-state index in [4.69, 9.17) is 0 Å². The molecular weight excluding hydrogens is 386 g/mol. The van der Waals surface area contributed by atoms with Gasteiger partial charge in [0.05, 0.1) is 6.21 Å². The number of aromatic nitrogens is 2. The van der Waals surface area contributed by atoms with Crippen molar-refractivity contribution >= 4 is 29.5 Å². The van der Waals surface area contributed by atoms with E-state index in [1.165, 1.54) is 0 Å². The maximum absolute atomic E-state index is 13.1. The molecule has 0 aliphatic carbocycles. The van der Waals surface area contributed by atoms with Crippen LogP contribution < -0.4 is 5.32 Å². The number of amides is 3. The van der Waals surface area contributed by atoms with Crippen molar-refractivity contribution in [3.63, 3.8) is 0 Å².